The van der Waals surface area contributed by atoms with Gasteiger partial charge >= 0.3 is 0 Å². The SMILES string of the molecule is CCN1C(=O)C(C)(C(=O)NCc2c(C)nn(CC)c2C)Sc2ccccc21. The number of nitrogens with zero attached hydrogens (tertiary/aromatic N) is 3. The van der Waals surface area contributed by atoms with E-state index in [-0.39, 0.29) is 11.8 Å². The Morgan fingerprint density at radius 3 is 2.56 bits per heavy atom. The van der Waals surface area contributed by atoms with Gasteiger partial charge in [-0.25, -0.2) is 0 Å². The van der Waals surface area contributed by atoms with Crippen molar-refractivity contribution in [2.24, 2.45) is 0 Å². The van der Waals surface area contributed by atoms with Gasteiger partial charge in [0.15, 0.2) is 4.75 Å². The molecule has 1 unspecified atom stereocenters. The average molecular weight is 387 g/mol. The number of para-hydroxylation sites is 1. The maximum Gasteiger partial charge on any atom is 0.252 e. The van der Waals surface area contributed by atoms with Gasteiger partial charge in [-0.1, -0.05) is 23.9 Å². The Kier molecular flexibility index (Phi) is 5.33. The lowest BCUT2D eigenvalue weighted by molar-refractivity contribution is -0.131. The van der Waals surface area contributed by atoms with Crippen LogP contribution in [0.1, 0.15) is 37.7 Å². The summed E-state index contributed by atoms with van der Waals surface area (Å²) in [5.41, 5.74) is 3.83. The van der Waals surface area contributed by atoms with E-state index in [1.54, 1.807) is 11.8 Å². The fourth-order valence-corrected chi connectivity index (χ4v) is 4.72. The van der Waals surface area contributed by atoms with E-state index in [9.17, 15) is 9.59 Å². The predicted octanol–water partition coefficient (Wildman–Crippen LogP) is 3.05. The standard InChI is InChI=1S/C20H26N4O2S/c1-6-23-16-10-8-9-11-17(16)27-20(5,19(23)26)18(25)21-12-15-13(3)22-24(7-2)14(15)4/h8-11H,6-7,12H2,1-5H3,(H,21,25). The molecule has 0 radical (unpaired) electrons. The molecule has 2 amide bonds. The molecule has 0 saturated heterocycles. The molecule has 0 bridgehead atoms. The first kappa shape index (κ1) is 19.5. The van der Waals surface area contributed by atoms with Gasteiger partial charge in [-0.3, -0.25) is 14.3 Å². The first-order chi connectivity index (χ1) is 12.8. The molecule has 6 nitrogen and oxygen atoms in total. The molecule has 1 aliphatic heterocycles. The van der Waals surface area contributed by atoms with Crippen LogP contribution < -0.4 is 10.2 Å². The van der Waals surface area contributed by atoms with E-state index < -0.39 is 4.75 Å². The van der Waals surface area contributed by atoms with Crippen LogP contribution in [0.2, 0.25) is 0 Å². The van der Waals surface area contributed by atoms with E-state index >= 15 is 0 Å². The van der Waals surface area contributed by atoms with Crippen LogP contribution in [0.4, 0.5) is 5.69 Å². The lowest BCUT2D eigenvalue weighted by Gasteiger charge is -2.38. The minimum Gasteiger partial charge on any atom is -0.350 e. The van der Waals surface area contributed by atoms with Crippen LogP contribution in [0.15, 0.2) is 29.2 Å². The number of nitrogens with one attached hydrogen (secondary N) is 1. The second-order valence-electron chi connectivity index (χ2n) is 6.80. The van der Waals surface area contributed by atoms with Gasteiger partial charge in [-0.2, -0.15) is 5.10 Å². The van der Waals surface area contributed by atoms with Crippen LogP contribution in [0.25, 0.3) is 0 Å². The molecule has 0 saturated carbocycles. The van der Waals surface area contributed by atoms with E-state index in [0.29, 0.717) is 13.1 Å². The Bertz CT molecular complexity index is 892. The van der Waals surface area contributed by atoms with Crippen molar-refractivity contribution in [2.75, 3.05) is 11.4 Å². The largest absolute Gasteiger partial charge is 0.350 e. The number of aryl methyl sites for hydroxylation is 2. The quantitative estimate of drug-likeness (QED) is 0.802. The minimum atomic E-state index is -1.19. The maximum atomic E-state index is 13.1. The smallest absolute Gasteiger partial charge is 0.252 e. The van der Waals surface area contributed by atoms with Gasteiger partial charge in [0, 0.05) is 35.8 Å². The highest BCUT2D eigenvalue weighted by molar-refractivity contribution is 8.02. The van der Waals surface area contributed by atoms with Gasteiger partial charge in [0.1, 0.15) is 0 Å². The third-order valence-electron chi connectivity index (χ3n) is 5.13. The van der Waals surface area contributed by atoms with Gasteiger partial charge in [-0.05, 0) is 46.8 Å². The molecule has 0 fully saturated rings. The molecule has 144 valence electrons. The number of benzene rings is 1. The lowest BCUT2D eigenvalue weighted by Crippen LogP contribution is -2.56. The molecule has 2 heterocycles. The normalized spacial score (nSPS) is 19.1. The Labute approximate surface area is 164 Å². The Morgan fingerprint density at radius 1 is 1.22 bits per heavy atom. The second-order valence-corrected chi connectivity index (χ2v) is 8.26. The molecule has 1 aromatic carbocycles. The van der Waals surface area contributed by atoms with Gasteiger partial charge in [-0.15, -0.1) is 0 Å². The summed E-state index contributed by atoms with van der Waals surface area (Å²) in [4.78, 5) is 28.8. The fourth-order valence-electron chi connectivity index (χ4n) is 3.49. The molecule has 1 aromatic heterocycles. The number of fused-ring (bicyclic) bond motifs is 1. The number of anilines is 1. The average Bonchev–Trinajstić information content (AvgIpc) is 2.94. The van der Waals surface area contributed by atoms with Crippen LogP contribution in [0, 0.1) is 13.8 Å². The van der Waals surface area contributed by atoms with E-state index in [4.69, 9.17) is 0 Å². The molecule has 0 spiro atoms. The van der Waals surface area contributed by atoms with Gasteiger partial charge < -0.3 is 10.2 Å². The Hall–Kier alpha value is -2.28. The highest BCUT2D eigenvalue weighted by Crippen LogP contribution is 2.45. The summed E-state index contributed by atoms with van der Waals surface area (Å²) >= 11 is 1.32. The summed E-state index contributed by atoms with van der Waals surface area (Å²) in [7, 11) is 0. The number of thioether (sulfide) groups is 1. The van der Waals surface area contributed by atoms with Gasteiger partial charge in [0.25, 0.3) is 5.91 Å². The van der Waals surface area contributed by atoms with Gasteiger partial charge in [0.2, 0.25) is 5.91 Å². The third-order valence-corrected chi connectivity index (χ3v) is 6.46. The number of carbonyl (C=O) groups is 2. The molecule has 7 heteroatoms. The fraction of sp³-hybridized carbons (Fsp3) is 0.450. The van der Waals surface area contributed by atoms with Crippen LogP contribution in [0.5, 0.6) is 0 Å². The van der Waals surface area contributed by atoms with Crippen LogP contribution in [-0.4, -0.2) is 32.9 Å². The van der Waals surface area contributed by atoms with Gasteiger partial charge in [0.05, 0.1) is 11.4 Å². The van der Waals surface area contributed by atoms with E-state index in [2.05, 4.69) is 10.4 Å². The number of amides is 2. The Morgan fingerprint density at radius 2 is 1.93 bits per heavy atom. The van der Waals surface area contributed by atoms with Crippen LogP contribution >= 0.6 is 11.8 Å². The third kappa shape index (κ3) is 3.25. The monoisotopic (exact) mass is 386 g/mol. The van der Waals surface area contributed by atoms with Crippen molar-refractivity contribution < 1.29 is 9.59 Å². The summed E-state index contributed by atoms with van der Waals surface area (Å²) < 4.78 is 0.737. The number of hydrogen-bond acceptors (Lipinski definition) is 4. The summed E-state index contributed by atoms with van der Waals surface area (Å²) in [5.74, 6) is -0.447. The molecular weight excluding hydrogens is 360 g/mol. The van der Waals surface area contributed by atoms with Crippen molar-refractivity contribution in [3.05, 3.63) is 41.2 Å². The second kappa shape index (κ2) is 7.38. The van der Waals surface area contributed by atoms with Crippen molar-refractivity contribution in [1.29, 1.82) is 0 Å². The van der Waals surface area contributed by atoms with E-state index in [1.165, 1.54) is 11.8 Å². The summed E-state index contributed by atoms with van der Waals surface area (Å²) in [5, 5.41) is 7.46. The summed E-state index contributed by atoms with van der Waals surface area (Å²) in [6.07, 6.45) is 0. The van der Waals surface area contributed by atoms with Crippen LogP contribution in [-0.2, 0) is 22.7 Å². The molecule has 0 aliphatic carbocycles. The number of aromatic nitrogens is 2. The molecule has 1 atom stereocenters. The maximum absolute atomic E-state index is 13.1. The highest BCUT2D eigenvalue weighted by atomic mass is 32.2. The zero-order valence-electron chi connectivity index (χ0n) is 16.5. The molecule has 27 heavy (non-hydrogen) atoms. The molecule has 3 rings (SSSR count). The minimum absolute atomic E-state index is 0.177. The summed E-state index contributed by atoms with van der Waals surface area (Å²) in [6.45, 7) is 11.3. The predicted molar refractivity (Wildman–Crippen MR) is 108 cm³/mol. The lowest BCUT2D eigenvalue weighted by atomic mass is 10.1. The molecule has 1 aliphatic rings. The van der Waals surface area contributed by atoms with E-state index in [0.717, 1.165) is 34.1 Å². The zero-order valence-corrected chi connectivity index (χ0v) is 17.3. The van der Waals surface area contributed by atoms with Crippen molar-refractivity contribution in [1.82, 2.24) is 15.1 Å². The highest BCUT2D eigenvalue weighted by Gasteiger charge is 2.48. The van der Waals surface area contributed by atoms with Crippen molar-refractivity contribution >= 4 is 29.3 Å². The topological polar surface area (TPSA) is 67.2 Å². The first-order valence-corrected chi connectivity index (χ1v) is 10.1. The van der Waals surface area contributed by atoms with Crippen LogP contribution in [0.3, 0.4) is 0 Å². The van der Waals surface area contributed by atoms with Crippen molar-refractivity contribution in [2.45, 2.75) is 57.4 Å². The van der Waals surface area contributed by atoms with E-state index in [1.807, 2.05) is 56.6 Å². The van der Waals surface area contributed by atoms with Crippen molar-refractivity contribution in [3.8, 4) is 0 Å². The zero-order chi connectivity index (χ0) is 19.8. The molecule has 1 N–H and O–H groups in total. The molecular formula is C20H26N4O2S. The first-order valence-electron chi connectivity index (χ1n) is 9.24. The number of rotatable bonds is 5. The summed E-state index contributed by atoms with van der Waals surface area (Å²) in [6, 6.07) is 7.72. The Balaban J connectivity index is 1.84. The number of hydrogen-bond donors (Lipinski definition) is 1. The van der Waals surface area contributed by atoms with Crippen molar-refractivity contribution in [3.63, 3.8) is 0 Å². The number of carbonyl (C=O) groups excluding carboxylic acids is 2. The molecule has 2 aromatic rings.